The molecule has 0 saturated heterocycles. The van der Waals surface area contributed by atoms with Crippen molar-refractivity contribution in [3.63, 3.8) is 0 Å². The summed E-state index contributed by atoms with van der Waals surface area (Å²) in [6.07, 6.45) is 0. The fourth-order valence-corrected chi connectivity index (χ4v) is 6.73. The van der Waals surface area contributed by atoms with E-state index in [1.807, 2.05) is 0 Å². The van der Waals surface area contributed by atoms with E-state index in [0.717, 1.165) is 17.1 Å². The van der Waals surface area contributed by atoms with Crippen molar-refractivity contribution in [1.82, 2.24) is 4.57 Å². The van der Waals surface area contributed by atoms with Gasteiger partial charge in [-0.15, -0.1) is 0 Å². The van der Waals surface area contributed by atoms with Gasteiger partial charge in [0.1, 0.15) is 0 Å². The van der Waals surface area contributed by atoms with Crippen LogP contribution in [-0.4, -0.2) is 4.57 Å². The minimum atomic E-state index is 1.12. The molecule has 8 rings (SSSR count). The summed E-state index contributed by atoms with van der Waals surface area (Å²) in [6, 6.07) is 61.2. The number of aromatic nitrogens is 1. The minimum Gasteiger partial charge on any atom is -0.314 e. The minimum absolute atomic E-state index is 1.12. The number of aryl methyl sites for hydroxylation is 1. The standard InChI is InChI=1S/C44H34N2/c1-31-32(2)45(43-17-9-8-15-41(31)43)38-25-19-35(20-26-38)36-23-29-40(30-24-36)46(44-18-10-14-37-13-6-7-16-42(37)44)39-27-21-34(22-28-39)33-11-4-3-5-12-33/h3-30H,1-2H3. The quantitative estimate of drug-likeness (QED) is 0.187. The number of para-hydroxylation sites is 1. The van der Waals surface area contributed by atoms with Gasteiger partial charge >= 0.3 is 0 Å². The first-order chi connectivity index (χ1) is 22.7. The number of fused-ring (bicyclic) bond motifs is 2. The molecule has 0 bridgehead atoms. The smallest absolute Gasteiger partial charge is 0.0540 e. The van der Waals surface area contributed by atoms with Gasteiger partial charge in [-0.05, 0) is 95.6 Å². The molecule has 7 aromatic carbocycles. The molecule has 0 amide bonds. The number of hydrogen-bond donors (Lipinski definition) is 0. The highest BCUT2D eigenvalue weighted by molar-refractivity contribution is 5.99. The molecule has 0 unspecified atom stereocenters. The van der Waals surface area contributed by atoms with Crippen LogP contribution in [0, 0.1) is 13.8 Å². The molecule has 0 N–H and O–H groups in total. The topological polar surface area (TPSA) is 8.17 Å². The van der Waals surface area contributed by atoms with E-state index >= 15 is 0 Å². The van der Waals surface area contributed by atoms with Crippen LogP contribution >= 0.6 is 0 Å². The van der Waals surface area contributed by atoms with Crippen LogP contribution in [0.2, 0.25) is 0 Å². The normalized spacial score (nSPS) is 11.3. The maximum absolute atomic E-state index is 2.37. The zero-order valence-electron chi connectivity index (χ0n) is 26.1. The van der Waals surface area contributed by atoms with Crippen molar-refractivity contribution in [3.8, 4) is 27.9 Å². The number of hydrogen-bond acceptors (Lipinski definition) is 1. The summed E-state index contributed by atoms with van der Waals surface area (Å²) >= 11 is 0. The van der Waals surface area contributed by atoms with Gasteiger partial charge in [0.15, 0.2) is 0 Å². The Bertz CT molecular complexity index is 2290. The fourth-order valence-electron chi connectivity index (χ4n) is 6.73. The zero-order chi connectivity index (χ0) is 31.0. The van der Waals surface area contributed by atoms with E-state index in [1.54, 1.807) is 0 Å². The Balaban J connectivity index is 1.16. The zero-order valence-corrected chi connectivity index (χ0v) is 26.1. The van der Waals surface area contributed by atoms with Crippen LogP contribution in [0.15, 0.2) is 170 Å². The molecule has 8 aromatic rings. The number of rotatable bonds is 6. The van der Waals surface area contributed by atoms with Crippen molar-refractivity contribution in [2.75, 3.05) is 4.90 Å². The molecule has 0 aliphatic rings. The number of anilines is 3. The van der Waals surface area contributed by atoms with Crippen molar-refractivity contribution in [2.45, 2.75) is 13.8 Å². The molecule has 1 heterocycles. The maximum Gasteiger partial charge on any atom is 0.0540 e. The first-order valence-electron chi connectivity index (χ1n) is 15.9. The molecule has 0 spiro atoms. The first kappa shape index (κ1) is 27.7. The summed E-state index contributed by atoms with van der Waals surface area (Å²) < 4.78 is 2.36. The van der Waals surface area contributed by atoms with E-state index in [2.05, 4.69) is 193 Å². The van der Waals surface area contributed by atoms with Crippen molar-refractivity contribution < 1.29 is 0 Å². The Morgan fingerprint density at radius 1 is 0.413 bits per heavy atom. The third-order valence-electron chi connectivity index (χ3n) is 9.25. The van der Waals surface area contributed by atoms with Gasteiger partial charge in [-0.2, -0.15) is 0 Å². The van der Waals surface area contributed by atoms with Crippen molar-refractivity contribution in [1.29, 1.82) is 0 Å². The Morgan fingerprint density at radius 2 is 0.913 bits per heavy atom. The summed E-state index contributed by atoms with van der Waals surface area (Å²) in [5.74, 6) is 0. The van der Waals surface area contributed by atoms with Crippen LogP contribution in [0.25, 0.3) is 49.6 Å². The van der Waals surface area contributed by atoms with Gasteiger partial charge < -0.3 is 9.47 Å². The monoisotopic (exact) mass is 590 g/mol. The maximum atomic E-state index is 2.37. The van der Waals surface area contributed by atoms with Gasteiger partial charge in [0, 0.05) is 33.5 Å². The van der Waals surface area contributed by atoms with Gasteiger partial charge in [0.05, 0.1) is 11.2 Å². The van der Waals surface area contributed by atoms with Crippen molar-refractivity contribution in [3.05, 3.63) is 181 Å². The highest BCUT2D eigenvalue weighted by atomic mass is 15.1. The molecule has 1 aromatic heterocycles. The summed E-state index contributed by atoms with van der Waals surface area (Å²) in [5, 5.41) is 3.76. The summed E-state index contributed by atoms with van der Waals surface area (Å²) in [5.41, 5.74) is 13.3. The Hall–Kier alpha value is -5.86. The third kappa shape index (κ3) is 4.85. The van der Waals surface area contributed by atoms with Crippen LogP contribution in [0.5, 0.6) is 0 Å². The highest BCUT2D eigenvalue weighted by Gasteiger charge is 2.16. The van der Waals surface area contributed by atoms with E-state index < -0.39 is 0 Å². The summed E-state index contributed by atoms with van der Waals surface area (Å²) in [7, 11) is 0. The second-order valence-electron chi connectivity index (χ2n) is 11.9. The van der Waals surface area contributed by atoms with E-state index in [-0.39, 0.29) is 0 Å². The Kier molecular flexibility index (Phi) is 6.96. The lowest BCUT2D eigenvalue weighted by atomic mass is 10.0. The molecule has 2 nitrogen and oxygen atoms in total. The lowest BCUT2D eigenvalue weighted by molar-refractivity contribution is 1.04. The van der Waals surface area contributed by atoms with Crippen LogP contribution in [0.1, 0.15) is 11.3 Å². The molecule has 2 heteroatoms. The largest absolute Gasteiger partial charge is 0.314 e. The molecular weight excluding hydrogens is 556 g/mol. The second-order valence-corrected chi connectivity index (χ2v) is 11.9. The number of nitrogens with zero attached hydrogens (tertiary/aromatic N) is 2. The molecule has 220 valence electrons. The number of benzene rings is 7. The Labute approximate surface area is 270 Å². The molecule has 46 heavy (non-hydrogen) atoms. The van der Waals surface area contributed by atoms with Gasteiger partial charge in [-0.1, -0.05) is 121 Å². The van der Waals surface area contributed by atoms with E-state index in [0.29, 0.717) is 0 Å². The molecule has 0 saturated carbocycles. The lowest BCUT2D eigenvalue weighted by Crippen LogP contribution is -2.10. The van der Waals surface area contributed by atoms with E-state index in [1.165, 1.54) is 60.9 Å². The summed E-state index contributed by atoms with van der Waals surface area (Å²) in [6.45, 7) is 4.42. The average molecular weight is 591 g/mol. The van der Waals surface area contributed by atoms with Gasteiger partial charge in [-0.25, -0.2) is 0 Å². The van der Waals surface area contributed by atoms with Gasteiger partial charge in [0.25, 0.3) is 0 Å². The SMILES string of the molecule is Cc1c(C)n(-c2ccc(-c3ccc(N(c4ccc(-c5ccccc5)cc4)c4cccc5ccccc45)cc3)cc2)c2ccccc12. The molecule has 0 aliphatic carbocycles. The first-order valence-corrected chi connectivity index (χ1v) is 15.9. The molecule has 0 aliphatic heterocycles. The van der Waals surface area contributed by atoms with Gasteiger partial charge in [-0.3, -0.25) is 0 Å². The fraction of sp³-hybridized carbons (Fsp3) is 0.0455. The summed E-state index contributed by atoms with van der Waals surface area (Å²) in [4.78, 5) is 2.37. The molecule has 0 atom stereocenters. The highest BCUT2D eigenvalue weighted by Crippen LogP contribution is 2.40. The van der Waals surface area contributed by atoms with Crippen molar-refractivity contribution >= 4 is 38.7 Å². The van der Waals surface area contributed by atoms with E-state index in [9.17, 15) is 0 Å². The average Bonchev–Trinajstić information content (AvgIpc) is 3.38. The predicted octanol–water partition coefficient (Wildman–Crippen LogP) is 12.2. The lowest BCUT2D eigenvalue weighted by Gasteiger charge is -2.27. The molecule has 0 fully saturated rings. The van der Waals surface area contributed by atoms with Crippen molar-refractivity contribution in [2.24, 2.45) is 0 Å². The van der Waals surface area contributed by atoms with Crippen LogP contribution in [0.4, 0.5) is 17.1 Å². The Morgan fingerprint density at radius 3 is 1.57 bits per heavy atom. The predicted molar refractivity (Wildman–Crippen MR) is 196 cm³/mol. The second kappa shape index (κ2) is 11.6. The van der Waals surface area contributed by atoms with Gasteiger partial charge in [0.2, 0.25) is 0 Å². The van der Waals surface area contributed by atoms with Crippen LogP contribution in [0.3, 0.4) is 0 Å². The van der Waals surface area contributed by atoms with Crippen LogP contribution < -0.4 is 4.90 Å². The third-order valence-corrected chi connectivity index (χ3v) is 9.25. The van der Waals surface area contributed by atoms with E-state index in [4.69, 9.17) is 0 Å². The van der Waals surface area contributed by atoms with Crippen LogP contribution in [-0.2, 0) is 0 Å². The molecular formula is C44H34N2. The molecule has 0 radical (unpaired) electrons.